The van der Waals surface area contributed by atoms with Gasteiger partial charge in [0.2, 0.25) is 0 Å². The zero-order chi connectivity index (χ0) is 16.1. The van der Waals surface area contributed by atoms with E-state index in [2.05, 4.69) is 24.4 Å². The van der Waals surface area contributed by atoms with Crippen LogP contribution < -0.4 is 5.43 Å². The maximum atomic E-state index is 12.1. The highest BCUT2D eigenvalue weighted by Crippen LogP contribution is 2.14. The number of rotatable bonds is 4. The summed E-state index contributed by atoms with van der Waals surface area (Å²) in [6.07, 6.45) is 0. The van der Waals surface area contributed by atoms with E-state index in [1.165, 1.54) is 5.56 Å². The third kappa shape index (κ3) is 4.18. The van der Waals surface area contributed by atoms with E-state index in [-0.39, 0.29) is 5.91 Å². The fourth-order valence-corrected chi connectivity index (χ4v) is 2.10. The molecule has 1 N–H and O–H groups in total. The average molecular weight is 315 g/mol. The molecule has 0 saturated heterocycles. The maximum Gasteiger partial charge on any atom is 0.271 e. The van der Waals surface area contributed by atoms with Crippen LogP contribution in [0.5, 0.6) is 0 Å². The third-order valence-corrected chi connectivity index (χ3v) is 3.68. The Kier molecular flexibility index (Phi) is 5.34. The quantitative estimate of drug-likeness (QED) is 0.649. The lowest BCUT2D eigenvalue weighted by atomic mass is 10.0. The third-order valence-electron chi connectivity index (χ3n) is 3.43. The van der Waals surface area contributed by atoms with E-state index >= 15 is 0 Å². The van der Waals surface area contributed by atoms with E-state index in [0.717, 1.165) is 11.3 Å². The molecule has 22 heavy (non-hydrogen) atoms. The highest BCUT2D eigenvalue weighted by Gasteiger charge is 2.06. The molecule has 1 amide bonds. The van der Waals surface area contributed by atoms with Crippen molar-refractivity contribution in [3.63, 3.8) is 0 Å². The zero-order valence-corrected chi connectivity index (χ0v) is 13.7. The Labute approximate surface area is 136 Å². The molecule has 0 saturated carbocycles. The van der Waals surface area contributed by atoms with Gasteiger partial charge in [-0.25, -0.2) is 5.43 Å². The Bertz CT molecular complexity index is 673. The molecule has 0 atom stereocenters. The molecule has 0 aliphatic carbocycles. The van der Waals surface area contributed by atoms with Crippen molar-refractivity contribution in [2.24, 2.45) is 5.10 Å². The van der Waals surface area contributed by atoms with Crippen LogP contribution in [-0.2, 0) is 0 Å². The van der Waals surface area contributed by atoms with Gasteiger partial charge in [0, 0.05) is 10.6 Å². The summed E-state index contributed by atoms with van der Waals surface area (Å²) >= 11 is 5.85. The zero-order valence-electron chi connectivity index (χ0n) is 12.9. The van der Waals surface area contributed by atoms with Crippen LogP contribution in [-0.4, -0.2) is 11.6 Å². The molecule has 2 aromatic carbocycles. The summed E-state index contributed by atoms with van der Waals surface area (Å²) in [6.45, 7) is 6.08. The normalized spacial score (nSPS) is 11.6. The van der Waals surface area contributed by atoms with Gasteiger partial charge in [-0.2, -0.15) is 5.10 Å². The summed E-state index contributed by atoms with van der Waals surface area (Å²) in [4.78, 5) is 12.1. The molecule has 0 unspecified atom stereocenters. The molecule has 2 rings (SSSR count). The van der Waals surface area contributed by atoms with Gasteiger partial charge in [-0.1, -0.05) is 49.7 Å². The second kappa shape index (κ2) is 7.23. The number of amides is 1. The summed E-state index contributed by atoms with van der Waals surface area (Å²) in [7, 11) is 0. The standard InChI is InChI=1S/C18H19ClN2O/c1-12(2)14-4-6-16(7-5-14)18(22)21-20-13(3)15-8-10-17(19)11-9-15/h4-12H,1-3H3,(H,21,22). The van der Waals surface area contributed by atoms with Crippen LogP contribution in [0.2, 0.25) is 5.02 Å². The van der Waals surface area contributed by atoms with Crippen molar-refractivity contribution >= 4 is 23.2 Å². The molecule has 0 aliphatic heterocycles. The van der Waals surface area contributed by atoms with Gasteiger partial charge in [0.05, 0.1) is 5.71 Å². The second-order valence-corrected chi connectivity index (χ2v) is 5.86. The molecule has 0 aromatic heterocycles. The van der Waals surface area contributed by atoms with Crippen molar-refractivity contribution in [1.29, 1.82) is 0 Å². The van der Waals surface area contributed by atoms with Crippen LogP contribution >= 0.6 is 11.6 Å². The Morgan fingerprint density at radius 3 is 2.09 bits per heavy atom. The van der Waals surface area contributed by atoms with Gasteiger partial charge in [-0.3, -0.25) is 4.79 Å². The SMILES string of the molecule is CC(=NNC(=O)c1ccc(C(C)C)cc1)c1ccc(Cl)cc1. The molecular formula is C18H19ClN2O. The maximum absolute atomic E-state index is 12.1. The van der Waals surface area contributed by atoms with Crippen molar-refractivity contribution in [2.75, 3.05) is 0 Å². The Hall–Kier alpha value is -2.13. The van der Waals surface area contributed by atoms with E-state index in [9.17, 15) is 4.79 Å². The van der Waals surface area contributed by atoms with E-state index in [0.29, 0.717) is 16.5 Å². The van der Waals surface area contributed by atoms with Crippen LogP contribution in [0, 0.1) is 0 Å². The number of carbonyl (C=O) groups is 1. The van der Waals surface area contributed by atoms with Gasteiger partial charge in [0.1, 0.15) is 0 Å². The smallest absolute Gasteiger partial charge is 0.267 e. The Morgan fingerprint density at radius 1 is 1.00 bits per heavy atom. The number of hydrazone groups is 1. The van der Waals surface area contributed by atoms with E-state index in [4.69, 9.17) is 11.6 Å². The first kappa shape index (κ1) is 16.2. The van der Waals surface area contributed by atoms with Gasteiger partial charge in [0.25, 0.3) is 5.91 Å². The van der Waals surface area contributed by atoms with E-state index < -0.39 is 0 Å². The van der Waals surface area contributed by atoms with E-state index in [1.54, 1.807) is 12.1 Å². The Balaban J connectivity index is 2.05. The Morgan fingerprint density at radius 2 is 1.55 bits per heavy atom. The van der Waals surface area contributed by atoms with E-state index in [1.807, 2.05) is 43.3 Å². The van der Waals surface area contributed by atoms with Crippen molar-refractivity contribution in [3.8, 4) is 0 Å². The first-order valence-electron chi connectivity index (χ1n) is 7.18. The number of nitrogens with zero attached hydrogens (tertiary/aromatic N) is 1. The lowest BCUT2D eigenvalue weighted by molar-refractivity contribution is 0.0955. The average Bonchev–Trinajstić information content (AvgIpc) is 2.53. The van der Waals surface area contributed by atoms with Crippen LogP contribution in [0.1, 0.15) is 48.2 Å². The molecule has 0 bridgehead atoms. The number of carbonyl (C=O) groups excluding carboxylic acids is 1. The molecule has 0 spiro atoms. The molecule has 0 aliphatic rings. The van der Waals surface area contributed by atoms with Crippen LogP contribution in [0.3, 0.4) is 0 Å². The van der Waals surface area contributed by atoms with Crippen LogP contribution in [0.4, 0.5) is 0 Å². The van der Waals surface area contributed by atoms with Crippen LogP contribution in [0.25, 0.3) is 0 Å². The minimum Gasteiger partial charge on any atom is -0.267 e. The number of hydrogen-bond acceptors (Lipinski definition) is 2. The fraction of sp³-hybridized carbons (Fsp3) is 0.222. The van der Waals surface area contributed by atoms with Crippen molar-refractivity contribution < 1.29 is 4.79 Å². The second-order valence-electron chi connectivity index (χ2n) is 5.42. The topological polar surface area (TPSA) is 41.5 Å². The molecule has 0 heterocycles. The molecule has 3 nitrogen and oxygen atoms in total. The summed E-state index contributed by atoms with van der Waals surface area (Å²) in [5.74, 6) is 0.228. The number of halogens is 1. The summed E-state index contributed by atoms with van der Waals surface area (Å²) in [5.41, 5.74) is 6.02. The fourth-order valence-electron chi connectivity index (χ4n) is 1.97. The lowest BCUT2D eigenvalue weighted by Gasteiger charge is -2.06. The van der Waals surface area contributed by atoms with Crippen molar-refractivity contribution in [2.45, 2.75) is 26.7 Å². The lowest BCUT2D eigenvalue weighted by Crippen LogP contribution is -2.19. The van der Waals surface area contributed by atoms with Crippen molar-refractivity contribution in [3.05, 3.63) is 70.2 Å². The molecule has 0 radical (unpaired) electrons. The summed E-state index contributed by atoms with van der Waals surface area (Å²) in [5, 5.41) is 4.80. The van der Waals surface area contributed by atoms with Gasteiger partial charge in [-0.05, 0) is 48.2 Å². The van der Waals surface area contributed by atoms with Crippen molar-refractivity contribution in [1.82, 2.24) is 5.43 Å². The molecule has 114 valence electrons. The molecular weight excluding hydrogens is 296 g/mol. The molecule has 2 aromatic rings. The number of hydrogen-bond donors (Lipinski definition) is 1. The summed E-state index contributed by atoms with van der Waals surface area (Å²) in [6, 6.07) is 14.9. The number of benzene rings is 2. The highest BCUT2D eigenvalue weighted by molar-refractivity contribution is 6.30. The first-order valence-corrected chi connectivity index (χ1v) is 7.55. The molecule has 0 fully saturated rings. The van der Waals surface area contributed by atoms with Gasteiger partial charge in [-0.15, -0.1) is 0 Å². The van der Waals surface area contributed by atoms with Gasteiger partial charge in [0.15, 0.2) is 0 Å². The number of nitrogens with one attached hydrogen (secondary N) is 1. The predicted octanol–water partition coefficient (Wildman–Crippen LogP) is 4.62. The predicted molar refractivity (Wildman–Crippen MR) is 91.7 cm³/mol. The first-order chi connectivity index (χ1) is 10.5. The van der Waals surface area contributed by atoms with Gasteiger partial charge >= 0.3 is 0 Å². The monoisotopic (exact) mass is 314 g/mol. The summed E-state index contributed by atoms with van der Waals surface area (Å²) < 4.78 is 0. The highest BCUT2D eigenvalue weighted by atomic mass is 35.5. The minimum atomic E-state index is -0.219. The minimum absolute atomic E-state index is 0.219. The molecule has 4 heteroatoms. The van der Waals surface area contributed by atoms with Gasteiger partial charge < -0.3 is 0 Å². The van der Waals surface area contributed by atoms with Crippen LogP contribution in [0.15, 0.2) is 53.6 Å². The largest absolute Gasteiger partial charge is 0.271 e.